The van der Waals surface area contributed by atoms with Crippen molar-refractivity contribution in [1.29, 1.82) is 0 Å². The van der Waals surface area contributed by atoms with E-state index in [4.69, 9.17) is 0 Å². The first-order chi connectivity index (χ1) is 13.7. The average molecular weight is 392 g/mol. The van der Waals surface area contributed by atoms with Gasteiger partial charge in [-0.05, 0) is 17.7 Å². The topological polar surface area (TPSA) is 106 Å². The van der Waals surface area contributed by atoms with Crippen molar-refractivity contribution in [1.82, 2.24) is 24.7 Å². The lowest BCUT2D eigenvalue weighted by molar-refractivity contribution is -0.113. The van der Waals surface area contributed by atoms with E-state index in [-0.39, 0.29) is 23.2 Å². The van der Waals surface area contributed by atoms with Crippen LogP contribution in [0.3, 0.4) is 0 Å². The molecule has 2 aromatic carbocycles. The standard InChI is InChI=1S/C19H16N6O2S/c26-16(23-18-20-12-21-24-18)11-28-19-22-15-9-5-4-8-14(15)17(27)25(19)10-13-6-2-1-3-7-13/h1-9,12H,10-11H2,(H2,20,21,23,24,26). The van der Waals surface area contributed by atoms with Crippen LogP contribution in [0.15, 0.2) is 70.9 Å². The van der Waals surface area contributed by atoms with Gasteiger partial charge in [-0.15, -0.1) is 0 Å². The summed E-state index contributed by atoms with van der Waals surface area (Å²) in [4.78, 5) is 33.7. The molecule has 0 radical (unpaired) electrons. The maximum absolute atomic E-state index is 13.0. The maximum atomic E-state index is 13.0. The van der Waals surface area contributed by atoms with Crippen molar-refractivity contribution >= 4 is 34.5 Å². The monoisotopic (exact) mass is 392 g/mol. The Morgan fingerprint density at radius 1 is 1.11 bits per heavy atom. The van der Waals surface area contributed by atoms with Gasteiger partial charge in [0.15, 0.2) is 5.16 Å². The Morgan fingerprint density at radius 2 is 1.89 bits per heavy atom. The smallest absolute Gasteiger partial charge is 0.262 e. The maximum Gasteiger partial charge on any atom is 0.262 e. The van der Waals surface area contributed by atoms with Crippen LogP contribution in [0, 0.1) is 0 Å². The zero-order valence-corrected chi connectivity index (χ0v) is 15.5. The van der Waals surface area contributed by atoms with E-state index in [9.17, 15) is 9.59 Å². The summed E-state index contributed by atoms with van der Waals surface area (Å²) in [6.45, 7) is 0.379. The second-order valence-corrected chi connectivity index (χ2v) is 6.90. The highest BCUT2D eigenvalue weighted by Crippen LogP contribution is 2.19. The molecule has 2 heterocycles. The van der Waals surface area contributed by atoms with Gasteiger partial charge in [0.25, 0.3) is 5.56 Å². The molecular formula is C19H16N6O2S. The van der Waals surface area contributed by atoms with Crippen molar-refractivity contribution in [2.45, 2.75) is 11.7 Å². The van der Waals surface area contributed by atoms with Gasteiger partial charge in [-0.2, -0.15) is 10.1 Å². The van der Waals surface area contributed by atoms with Crippen LogP contribution in [0.5, 0.6) is 0 Å². The van der Waals surface area contributed by atoms with Gasteiger partial charge in [-0.3, -0.25) is 19.5 Å². The Kier molecular flexibility index (Phi) is 5.16. The van der Waals surface area contributed by atoms with Crippen LogP contribution in [0.2, 0.25) is 0 Å². The highest BCUT2D eigenvalue weighted by molar-refractivity contribution is 7.99. The lowest BCUT2D eigenvalue weighted by Gasteiger charge is -2.13. The van der Waals surface area contributed by atoms with Gasteiger partial charge in [0.05, 0.1) is 23.2 Å². The van der Waals surface area contributed by atoms with E-state index in [1.165, 1.54) is 18.1 Å². The molecule has 0 saturated heterocycles. The third-order valence-electron chi connectivity index (χ3n) is 4.02. The van der Waals surface area contributed by atoms with Crippen molar-refractivity contribution in [2.24, 2.45) is 0 Å². The normalized spacial score (nSPS) is 10.9. The van der Waals surface area contributed by atoms with E-state index < -0.39 is 0 Å². The Bertz CT molecular complexity index is 1160. The van der Waals surface area contributed by atoms with E-state index in [0.717, 1.165) is 5.56 Å². The summed E-state index contributed by atoms with van der Waals surface area (Å²) in [5.41, 5.74) is 1.46. The molecule has 0 fully saturated rings. The van der Waals surface area contributed by atoms with Crippen LogP contribution in [0.25, 0.3) is 10.9 Å². The van der Waals surface area contributed by atoms with Crippen molar-refractivity contribution in [3.63, 3.8) is 0 Å². The number of carbonyl (C=O) groups excluding carboxylic acids is 1. The first kappa shape index (κ1) is 17.9. The number of fused-ring (bicyclic) bond motifs is 1. The van der Waals surface area contributed by atoms with Crippen LogP contribution >= 0.6 is 11.8 Å². The number of aromatic nitrogens is 5. The minimum atomic E-state index is -0.268. The lowest BCUT2D eigenvalue weighted by Crippen LogP contribution is -2.25. The number of H-pyrrole nitrogens is 1. The zero-order chi connectivity index (χ0) is 19.3. The van der Waals surface area contributed by atoms with Gasteiger partial charge < -0.3 is 0 Å². The molecule has 0 unspecified atom stereocenters. The predicted octanol–water partition coefficient (Wildman–Crippen LogP) is 2.29. The highest BCUT2D eigenvalue weighted by Gasteiger charge is 2.14. The fourth-order valence-corrected chi connectivity index (χ4v) is 3.53. The van der Waals surface area contributed by atoms with Gasteiger partial charge in [0.1, 0.15) is 6.33 Å². The molecule has 0 bridgehead atoms. The van der Waals surface area contributed by atoms with Crippen molar-refractivity contribution in [2.75, 3.05) is 11.1 Å². The summed E-state index contributed by atoms with van der Waals surface area (Å²) in [7, 11) is 0. The Hall–Kier alpha value is -3.46. The van der Waals surface area contributed by atoms with Crippen LogP contribution in [0.4, 0.5) is 5.95 Å². The number of thioether (sulfide) groups is 1. The SMILES string of the molecule is O=C(CSc1nc2ccccc2c(=O)n1Cc1ccccc1)Nc1ncn[nH]1. The molecule has 0 aliphatic rings. The van der Waals surface area contributed by atoms with Gasteiger partial charge in [-0.1, -0.05) is 54.2 Å². The van der Waals surface area contributed by atoms with Gasteiger partial charge >= 0.3 is 0 Å². The number of aromatic amines is 1. The summed E-state index contributed by atoms with van der Waals surface area (Å²) in [6.07, 6.45) is 1.31. The van der Waals surface area contributed by atoms with E-state index >= 15 is 0 Å². The summed E-state index contributed by atoms with van der Waals surface area (Å²) in [5, 5.41) is 9.90. The Morgan fingerprint density at radius 3 is 2.68 bits per heavy atom. The number of rotatable bonds is 6. The summed E-state index contributed by atoms with van der Waals surface area (Å²) in [5.74, 6) is 0.0921. The minimum absolute atomic E-state index is 0.0836. The number of hydrogen-bond acceptors (Lipinski definition) is 6. The quantitative estimate of drug-likeness (QED) is 0.385. The lowest BCUT2D eigenvalue weighted by atomic mass is 10.2. The van der Waals surface area contributed by atoms with Crippen LogP contribution in [0.1, 0.15) is 5.56 Å². The third-order valence-corrected chi connectivity index (χ3v) is 4.99. The molecule has 2 aromatic heterocycles. The number of anilines is 1. The predicted molar refractivity (Wildman–Crippen MR) is 107 cm³/mol. The highest BCUT2D eigenvalue weighted by atomic mass is 32.2. The molecule has 4 aromatic rings. The third kappa shape index (κ3) is 3.94. The summed E-state index contributed by atoms with van der Waals surface area (Å²) >= 11 is 1.20. The largest absolute Gasteiger partial charge is 0.294 e. The first-order valence-electron chi connectivity index (χ1n) is 8.52. The Labute approximate surface area is 164 Å². The molecule has 0 aliphatic carbocycles. The number of benzene rings is 2. The number of hydrogen-bond donors (Lipinski definition) is 2. The van der Waals surface area contributed by atoms with Gasteiger partial charge in [0, 0.05) is 0 Å². The van der Waals surface area contributed by atoms with Crippen LogP contribution in [-0.2, 0) is 11.3 Å². The number of nitrogens with zero attached hydrogens (tertiary/aromatic N) is 4. The molecule has 2 N–H and O–H groups in total. The molecule has 140 valence electrons. The van der Waals surface area contributed by atoms with Crippen LogP contribution in [-0.4, -0.2) is 36.4 Å². The number of carbonyl (C=O) groups is 1. The number of amides is 1. The molecule has 1 amide bonds. The first-order valence-corrected chi connectivity index (χ1v) is 9.51. The fourth-order valence-electron chi connectivity index (χ4n) is 2.73. The van der Waals surface area contributed by atoms with E-state index in [0.29, 0.717) is 22.6 Å². The molecular weight excluding hydrogens is 376 g/mol. The Balaban J connectivity index is 1.64. The molecule has 0 saturated carbocycles. The van der Waals surface area contributed by atoms with Crippen LogP contribution < -0.4 is 10.9 Å². The van der Waals surface area contributed by atoms with Crippen molar-refractivity contribution < 1.29 is 4.79 Å². The molecule has 0 aliphatic heterocycles. The van der Waals surface area contributed by atoms with E-state index in [2.05, 4.69) is 25.5 Å². The number of para-hydroxylation sites is 1. The summed E-state index contributed by atoms with van der Waals surface area (Å²) in [6, 6.07) is 16.9. The molecule has 28 heavy (non-hydrogen) atoms. The molecule has 8 nitrogen and oxygen atoms in total. The molecule has 0 atom stereocenters. The molecule has 4 rings (SSSR count). The van der Waals surface area contributed by atoms with Crippen molar-refractivity contribution in [3.8, 4) is 0 Å². The van der Waals surface area contributed by atoms with Gasteiger partial charge in [0.2, 0.25) is 11.9 Å². The minimum Gasteiger partial charge on any atom is -0.294 e. The molecule has 9 heteroatoms. The average Bonchev–Trinajstić information content (AvgIpc) is 3.22. The van der Waals surface area contributed by atoms with E-state index in [1.807, 2.05) is 42.5 Å². The van der Waals surface area contributed by atoms with Crippen molar-refractivity contribution in [3.05, 3.63) is 76.8 Å². The number of nitrogens with one attached hydrogen (secondary N) is 2. The summed E-state index contributed by atoms with van der Waals surface area (Å²) < 4.78 is 1.60. The second-order valence-electron chi connectivity index (χ2n) is 5.96. The zero-order valence-electron chi connectivity index (χ0n) is 14.7. The molecule has 0 spiro atoms. The second kappa shape index (κ2) is 8.05. The van der Waals surface area contributed by atoms with E-state index in [1.54, 1.807) is 16.7 Å². The fraction of sp³-hybridized carbons (Fsp3) is 0.105. The van der Waals surface area contributed by atoms with Gasteiger partial charge in [-0.25, -0.2) is 10.1 Å².